The highest BCUT2D eigenvalue weighted by molar-refractivity contribution is 5.33. The van der Waals surface area contributed by atoms with Gasteiger partial charge in [-0.3, -0.25) is 10.9 Å². The van der Waals surface area contributed by atoms with Crippen molar-refractivity contribution in [3.05, 3.63) is 18.1 Å². The first-order valence-corrected chi connectivity index (χ1v) is 6.53. The topological polar surface area (TPSA) is 61.9 Å². The van der Waals surface area contributed by atoms with Gasteiger partial charge in [0.25, 0.3) is 0 Å². The van der Waals surface area contributed by atoms with Crippen molar-refractivity contribution >= 4 is 5.82 Å². The Bertz CT molecular complexity index is 441. The molecule has 1 fully saturated rings. The van der Waals surface area contributed by atoms with Crippen LogP contribution in [0.1, 0.15) is 26.1 Å². The maximum atomic E-state index is 12.5. The summed E-state index contributed by atoms with van der Waals surface area (Å²) in [5, 5.41) is 2.92. The van der Waals surface area contributed by atoms with Gasteiger partial charge in [-0.1, -0.05) is 0 Å². The second-order valence-electron chi connectivity index (χ2n) is 5.01. The molecular weight excluding hydrogens is 271 g/mol. The third-order valence-corrected chi connectivity index (χ3v) is 3.52. The minimum absolute atomic E-state index is 0.201. The van der Waals surface area contributed by atoms with Crippen molar-refractivity contribution in [3.8, 4) is 0 Å². The molecule has 0 amide bonds. The van der Waals surface area contributed by atoms with Crippen molar-refractivity contribution in [2.45, 2.75) is 38.5 Å². The molecule has 0 aliphatic carbocycles. The van der Waals surface area contributed by atoms with Crippen LogP contribution in [0.4, 0.5) is 19.0 Å². The molecule has 1 aliphatic heterocycles. The van der Waals surface area contributed by atoms with E-state index in [4.69, 9.17) is 0 Å². The third-order valence-electron chi connectivity index (χ3n) is 3.52. The molecule has 0 spiro atoms. The molecule has 2 heterocycles. The Kier molecular flexibility index (Phi) is 4.44. The lowest BCUT2D eigenvalue weighted by Gasteiger charge is -2.18. The van der Waals surface area contributed by atoms with Crippen LogP contribution in [0.25, 0.3) is 0 Å². The second kappa shape index (κ2) is 5.92. The molecule has 2 unspecified atom stereocenters. The Balaban J connectivity index is 1.88. The maximum Gasteiger partial charge on any atom is 0.451 e. The van der Waals surface area contributed by atoms with E-state index in [1.54, 1.807) is 0 Å². The third kappa shape index (κ3) is 3.57. The lowest BCUT2D eigenvalue weighted by atomic mass is 9.93. The van der Waals surface area contributed by atoms with Gasteiger partial charge < -0.3 is 5.32 Å². The monoisotopic (exact) mass is 289 g/mol. The molecule has 0 radical (unpaired) electrons. The van der Waals surface area contributed by atoms with Crippen molar-refractivity contribution in [1.29, 1.82) is 0 Å². The first kappa shape index (κ1) is 15.0. The van der Waals surface area contributed by atoms with Gasteiger partial charge in [0.1, 0.15) is 5.82 Å². The van der Waals surface area contributed by atoms with Gasteiger partial charge in [0.2, 0.25) is 5.82 Å². The number of hydrogen-bond acceptors (Lipinski definition) is 5. The highest BCUT2D eigenvalue weighted by Crippen LogP contribution is 2.26. The molecule has 2 rings (SSSR count). The first-order valence-electron chi connectivity index (χ1n) is 6.53. The van der Waals surface area contributed by atoms with E-state index in [-0.39, 0.29) is 5.82 Å². The van der Waals surface area contributed by atoms with Crippen LogP contribution < -0.4 is 16.2 Å². The van der Waals surface area contributed by atoms with Crippen LogP contribution >= 0.6 is 0 Å². The number of anilines is 1. The Labute approximate surface area is 115 Å². The normalized spacial score (nSPS) is 26.8. The number of rotatable bonds is 4. The largest absolute Gasteiger partial charge is 0.451 e. The SMILES string of the molecule is CC1NNC(C)C1CCNc1ccnc(C(F)(F)F)n1. The molecule has 5 nitrogen and oxygen atoms in total. The highest BCUT2D eigenvalue weighted by Gasteiger charge is 2.34. The Morgan fingerprint density at radius 3 is 2.50 bits per heavy atom. The van der Waals surface area contributed by atoms with Crippen LogP contribution in [0.15, 0.2) is 12.3 Å². The lowest BCUT2D eigenvalue weighted by molar-refractivity contribution is -0.144. The van der Waals surface area contributed by atoms with E-state index in [2.05, 4.69) is 40.0 Å². The molecular formula is C12H18F3N5. The fraction of sp³-hybridized carbons (Fsp3) is 0.667. The van der Waals surface area contributed by atoms with Gasteiger partial charge >= 0.3 is 6.18 Å². The van der Waals surface area contributed by atoms with Crippen LogP contribution in [0.3, 0.4) is 0 Å². The molecule has 2 atom stereocenters. The molecule has 1 saturated heterocycles. The molecule has 1 aliphatic rings. The van der Waals surface area contributed by atoms with Gasteiger partial charge in [0.15, 0.2) is 0 Å². The van der Waals surface area contributed by atoms with E-state index in [1.807, 2.05) is 0 Å². The number of nitrogens with one attached hydrogen (secondary N) is 3. The van der Waals surface area contributed by atoms with Gasteiger partial charge in [-0.25, -0.2) is 9.97 Å². The number of hydrazine groups is 1. The summed E-state index contributed by atoms with van der Waals surface area (Å²) in [5.41, 5.74) is 6.29. The van der Waals surface area contributed by atoms with Crippen molar-refractivity contribution in [1.82, 2.24) is 20.8 Å². The van der Waals surface area contributed by atoms with Gasteiger partial charge in [0, 0.05) is 24.8 Å². The van der Waals surface area contributed by atoms with Crippen LogP contribution in [-0.4, -0.2) is 28.6 Å². The van der Waals surface area contributed by atoms with Crippen LogP contribution in [0.2, 0.25) is 0 Å². The van der Waals surface area contributed by atoms with Gasteiger partial charge in [-0.05, 0) is 32.3 Å². The average molecular weight is 289 g/mol. The number of alkyl halides is 3. The standard InChI is InChI=1S/C12H18F3N5/c1-7-9(8(2)20-19-7)3-5-16-10-4-6-17-11(18-10)12(13,14)15/h4,6-9,19-20H,3,5H2,1-2H3,(H,16,17,18). The Morgan fingerprint density at radius 1 is 1.25 bits per heavy atom. The maximum absolute atomic E-state index is 12.5. The molecule has 20 heavy (non-hydrogen) atoms. The number of halogens is 3. The molecule has 0 saturated carbocycles. The number of aromatic nitrogens is 2. The van der Waals surface area contributed by atoms with Gasteiger partial charge in [-0.2, -0.15) is 13.2 Å². The molecule has 1 aromatic rings. The van der Waals surface area contributed by atoms with Crippen LogP contribution in [-0.2, 0) is 6.18 Å². The summed E-state index contributed by atoms with van der Waals surface area (Å²) in [7, 11) is 0. The Morgan fingerprint density at radius 2 is 1.90 bits per heavy atom. The fourth-order valence-electron chi connectivity index (χ4n) is 2.37. The number of nitrogens with zero attached hydrogens (tertiary/aromatic N) is 2. The zero-order valence-corrected chi connectivity index (χ0v) is 11.3. The minimum Gasteiger partial charge on any atom is -0.370 e. The summed E-state index contributed by atoms with van der Waals surface area (Å²) >= 11 is 0. The van der Waals surface area contributed by atoms with Crippen molar-refractivity contribution in [2.75, 3.05) is 11.9 Å². The van der Waals surface area contributed by atoms with E-state index >= 15 is 0 Å². The van der Waals surface area contributed by atoms with E-state index in [9.17, 15) is 13.2 Å². The van der Waals surface area contributed by atoms with Crippen molar-refractivity contribution in [2.24, 2.45) is 5.92 Å². The molecule has 112 valence electrons. The van der Waals surface area contributed by atoms with Crippen LogP contribution in [0.5, 0.6) is 0 Å². The number of hydrogen-bond donors (Lipinski definition) is 3. The summed E-state index contributed by atoms with van der Waals surface area (Å²) < 4.78 is 37.4. The molecule has 3 N–H and O–H groups in total. The fourth-order valence-corrected chi connectivity index (χ4v) is 2.37. The van der Waals surface area contributed by atoms with Crippen molar-refractivity contribution < 1.29 is 13.2 Å². The zero-order valence-electron chi connectivity index (χ0n) is 11.3. The first-order chi connectivity index (χ1) is 9.38. The molecule has 0 aromatic carbocycles. The van der Waals surface area contributed by atoms with Crippen molar-refractivity contribution in [3.63, 3.8) is 0 Å². The minimum atomic E-state index is -4.51. The molecule has 8 heteroatoms. The summed E-state index contributed by atoms with van der Waals surface area (Å²) in [4.78, 5) is 6.69. The summed E-state index contributed by atoms with van der Waals surface area (Å²) in [5.74, 6) is -0.494. The average Bonchev–Trinajstić information content (AvgIpc) is 2.70. The smallest absolute Gasteiger partial charge is 0.370 e. The molecule has 1 aromatic heterocycles. The Hall–Kier alpha value is -1.41. The van der Waals surface area contributed by atoms with E-state index in [1.165, 1.54) is 6.07 Å². The summed E-state index contributed by atoms with van der Waals surface area (Å²) in [6.07, 6.45) is -2.56. The van der Waals surface area contributed by atoms with Crippen LogP contribution in [0, 0.1) is 5.92 Å². The predicted octanol–water partition coefficient (Wildman–Crippen LogP) is 1.80. The van der Waals surface area contributed by atoms with E-state index in [0.29, 0.717) is 24.5 Å². The quantitative estimate of drug-likeness (QED) is 0.789. The van der Waals surface area contributed by atoms with E-state index in [0.717, 1.165) is 12.6 Å². The second-order valence-corrected chi connectivity index (χ2v) is 5.01. The lowest BCUT2D eigenvalue weighted by Crippen LogP contribution is -2.30. The van der Waals surface area contributed by atoms with Gasteiger partial charge in [0.05, 0.1) is 0 Å². The summed E-state index contributed by atoms with van der Waals surface area (Å²) in [6.45, 7) is 4.72. The van der Waals surface area contributed by atoms with Gasteiger partial charge in [-0.15, -0.1) is 0 Å². The summed E-state index contributed by atoms with van der Waals surface area (Å²) in [6, 6.07) is 2.11. The van der Waals surface area contributed by atoms with E-state index < -0.39 is 12.0 Å². The highest BCUT2D eigenvalue weighted by atomic mass is 19.4. The predicted molar refractivity (Wildman–Crippen MR) is 68.8 cm³/mol. The molecule has 0 bridgehead atoms. The zero-order chi connectivity index (χ0) is 14.8.